The third kappa shape index (κ3) is 3.66. The average molecular weight is 353 g/mol. The smallest absolute Gasteiger partial charge is 0.244 e. The Morgan fingerprint density at radius 1 is 1.00 bits per heavy atom. The minimum atomic E-state index is -0.327. The highest BCUT2D eigenvalue weighted by Gasteiger charge is 2.38. The molecule has 0 spiro atoms. The third-order valence-electron chi connectivity index (χ3n) is 4.26. The normalized spacial score (nSPS) is 22.5. The van der Waals surface area contributed by atoms with Gasteiger partial charge in [0.2, 0.25) is 12.2 Å². The van der Waals surface area contributed by atoms with E-state index in [1.54, 1.807) is 18.0 Å². The largest absolute Gasteiger partial charge is 0.459 e. The maximum Gasteiger partial charge on any atom is 0.244 e. The first kappa shape index (κ1) is 16.1. The molecule has 0 radical (unpaired) electrons. The molecular weight excluding hydrogens is 334 g/mol. The number of amides is 1. The fraction of sp³-hybridized carbons (Fsp3) is 0.250. The summed E-state index contributed by atoms with van der Waals surface area (Å²) in [5.74, 6) is 1.34. The van der Waals surface area contributed by atoms with Crippen LogP contribution in [0.5, 0.6) is 0 Å². The van der Waals surface area contributed by atoms with Crippen LogP contribution >= 0.6 is 11.8 Å². The summed E-state index contributed by atoms with van der Waals surface area (Å²) in [5, 5.41) is -0.117. The van der Waals surface area contributed by atoms with Crippen molar-refractivity contribution in [2.45, 2.75) is 24.6 Å². The Kier molecular flexibility index (Phi) is 4.65. The summed E-state index contributed by atoms with van der Waals surface area (Å²) in [7, 11) is 0. The van der Waals surface area contributed by atoms with E-state index in [-0.39, 0.29) is 17.6 Å². The zero-order valence-corrected chi connectivity index (χ0v) is 14.5. The van der Waals surface area contributed by atoms with Gasteiger partial charge >= 0.3 is 0 Å². The number of hydrogen-bond acceptors (Lipinski definition) is 4. The number of ether oxygens (including phenoxy) is 2. The van der Waals surface area contributed by atoms with Crippen LogP contribution in [0.25, 0.3) is 0 Å². The molecule has 0 bridgehead atoms. The van der Waals surface area contributed by atoms with E-state index in [4.69, 9.17) is 9.47 Å². The van der Waals surface area contributed by atoms with Crippen molar-refractivity contribution in [3.05, 3.63) is 83.8 Å². The number of rotatable bonds is 5. The van der Waals surface area contributed by atoms with Gasteiger partial charge in [-0.3, -0.25) is 4.79 Å². The van der Waals surface area contributed by atoms with Gasteiger partial charge in [-0.1, -0.05) is 60.7 Å². The van der Waals surface area contributed by atoms with Gasteiger partial charge in [0.1, 0.15) is 11.6 Å². The van der Waals surface area contributed by atoms with Crippen molar-refractivity contribution >= 4 is 17.7 Å². The molecule has 4 rings (SSSR count). The molecule has 2 aliphatic rings. The molecule has 5 heteroatoms. The number of hydrogen-bond donors (Lipinski definition) is 0. The summed E-state index contributed by atoms with van der Waals surface area (Å²) in [5.41, 5.74) is 2.28. The van der Waals surface area contributed by atoms with Crippen molar-refractivity contribution in [3.63, 3.8) is 0 Å². The Morgan fingerprint density at radius 2 is 1.68 bits per heavy atom. The zero-order chi connectivity index (χ0) is 17.1. The van der Waals surface area contributed by atoms with E-state index in [2.05, 4.69) is 12.1 Å². The average Bonchev–Trinajstić information content (AvgIpc) is 3.24. The van der Waals surface area contributed by atoms with Crippen LogP contribution in [0.2, 0.25) is 0 Å². The number of carbonyl (C=O) groups is 1. The first-order valence-corrected chi connectivity index (χ1v) is 9.35. The van der Waals surface area contributed by atoms with Crippen LogP contribution in [-0.2, 0) is 27.2 Å². The lowest BCUT2D eigenvalue weighted by Gasteiger charge is -2.24. The predicted octanol–water partition coefficient (Wildman–Crippen LogP) is 3.55. The van der Waals surface area contributed by atoms with Crippen molar-refractivity contribution in [2.75, 3.05) is 5.75 Å². The molecule has 2 aliphatic heterocycles. The molecule has 1 fully saturated rings. The second-order valence-corrected chi connectivity index (χ2v) is 7.13. The van der Waals surface area contributed by atoms with E-state index in [0.717, 1.165) is 11.3 Å². The molecule has 0 aromatic heterocycles. The Labute approximate surface area is 151 Å². The summed E-state index contributed by atoms with van der Waals surface area (Å²) in [4.78, 5) is 14.2. The second kappa shape index (κ2) is 7.23. The summed E-state index contributed by atoms with van der Waals surface area (Å²) in [6.07, 6.45) is 2.03. The van der Waals surface area contributed by atoms with E-state index >= 15 is 0 Å². The molecular formula is C20H19NO3S. The maximum absolute atomic E-state index is 12.3. The van der Waals surface area contributed by atoms with Gasteiger partial charge in [0, 0.05) is 13.0 Å². The molecule has 1 saturated heterocycles. The van der Waals surface area contributed by atoms with Gasteiger partial charge in [-0.15, -0.1) is 11.8 Å². The maximum atomic E-state index is 12.3. The van der Waals surface area contributed by atoms with Gasteiger partial charge in [-0.05, 0) is 11.1 Å². The van der Waals surface area contributed by atoms with Crippen LogP contribution in [0, 0.1) is 0 Å². The molecule has 2 heterocycles. The molecule has 1 amide bonds. The van der Waals surface area contributed by atoms with Gasteiger partial charge in [-0.2, -0.15) is 0 Å². The van der Waals surface area contributed by atoms with Crippen LogP contribution in [0.1, 0.15) is 11.1 Å². The summed E-state index contributed by atoms with van der Waals surface area (Å²) in [6, 6.07) is 20.1. The number of thioether (sulfide) groups is 1. The lowest BCUT2D eigenvalue weighted by molar-refractivity contribution is -0.128. The van der Waals surface area contributed by atoms with Crippen LogP contribution in [0.4, 0.5) is 0 Å². The van der Waals surface area contributed by atoms with Gasteiger partial charge < -0.3 is 14.4 Å². The highest BCUT2D eigenvalue weighted by atomic mass is 32.2. The lowest BCUT2D eigenvalue weighted by atomic mass is 10.1. The molecule has 4 nitrogen and oxygen atoms in total. The lowest BCUT2D eigenvalue weighted by Crippen LogP contribution is -2.34. The Morgan fingerprint density at radius 3 is 2.40 bits per heavy atom. The van der Waals surface area contributed by atoms with E-state index in [1.165, 1.54) is 5.56 Å². The van der Waals surface area contributed by atoms with Crippen molar-refractivity contribution in [1.82, 2.24) is 4.90 Å². The number of benzene rings is 2. The monoisotopic (exact) mass is 353 g/mol. The van der Waals surface area contributed by atoms with E-state index in [9.17, 15) is 4.79 Å². The summed E-state index contributed by atoms with van der Waals surface area (Å²) >= 11 is 1.59. The van der Waals surface area contributed by atoms with E-state index in [1.807, 2.05) is 53.4 Å². The Balaban J connectivity index is 1.41. The fourth-order valence-electron chi connectivity index (χ4n) is 3.00. The molecule has 0 aliphatic carbocycles. The summed E-state index contributed by atoms with van der Waals surface area (Å²) < 4.78 is 11.7. The molecule has 25 heavy (non-hydrogen) atoms. The van der Waals surface area contributed by atoms with Crippen molar-refractivity contribution in [2.24, 2.45) is 0 Å². The first-order chi connectivity index (χ1) is 12.3. The minimum Gasteiger partial charge on any atom is -0.459 e. The van der Waals surface area contributed by atoms with Gasteiger partial charge in [-0.25, -0.2) is 0 Å². The van der Waals surface area contributed by atoms with Gasteiger partial charge in [0.05, 0.1) is 5.75 Å². The second-order valence-electron chi connectivity index (χ2n) is 6.06. The molecule has 2 atom stereocenters. The molecule has 2 aromatic rings. The van der Waals surface area contributed by atoms with Crippen molar-refractivity contribution in [1.29, 1.82) is 0 Å². The molecule has 0 saturated carbocycles. The third-order valence-corrected chi connectivity index (χ3v) is 5.47. The Hall–Kier alpha value is -2.40. The molecule has 0 N–H and O–H groups in total. The van der Waals surface area contributed by atoms with Crippen LogP contribution in [0.3, 0.4) is 0 Å². The molecule has 2 aromatic carbocycles. The van der Waals surface area contributed by atoms with Gasteiger partial charge in [0.15, 0.2) is 5.76 Å². The van der Waals surface area contributed by atoms with E-state index in [0.29, 0.717) is 18.7 Å². The highest BCUT2D eigenvalue weighted by Crippen LogP contribution is 2.35. The first-order valence-electron chi connectivity index (χ1n) is 8.31. The van der Waals surface area contributed by atoms with Crippen LogP contribution in [0.15, 0.2) is 72.7 Å². The zero-order valence-electron chi connectivity index (χ0n) is 13.7. The Bertz CT molecular complexity index is 763. The molecule has 2 unspecified atom stereocenters. The predicted molar refractivity (Wildman–Crippen MR) is 97.4 cm³/mol. The van der Waals surface area contributed by atoms with E-state index < -0.39 is 0 Å². The minimum absolute atomic E-state index is 0.117. The topological polar surface area (TPSA) is 38.8 Å². The quantitative estimate of drug-likeness (QED) is 0.824. The molecule has 128 valence electrons. The van der Waals surface area contributed by atoms with Crippen LogP contribution < -0.4 is 0 Å². The van der Waals surface area contributed by atoms with Crippen molar-refractivity contribution < 1.29 is 14.3 Å². The highest BCUT2D eigenvalue weighted by molar-refractivity contribution is 8.01. The SMILES string of the molecule is O=C1CSC(C2=COC(Cc3ccccc3)O2)N1Cc1ccccc1. The fourth-order valence-corrected chi connectivity index (χ4v) is 4.12. The number of carbonyl (C=O) groups excluding carboxylic acids is 1. The number of nitrogens with zero attached hydrogens (tertiary/aromatic N) is 1. The van der Waals surface area contributed by atoms with Crippen LogP contribution in [-0.4, -0.2) is 28.2 Å². The van der Waals surface area contributed by atoms with Crippen molar-refractivity contribution in [3.8, 4) is 0 Å². The van der Waals surface area contributed by atoms with Gasteiger partial charge in [0.25, 0.3) is 0 Å². The summed E-state index contributed by atoms with van der Waals surface area (Å²) in [6.45, 7) is 0.585. The standard InChI is InChI=1S/C20H19NO3S/c22-18-14-25-20(21(18)12-16-9-5-2-6-10-16)17-13-23-19(24-17)11-15-7-3-1-4-8-15/h1-10,13,19-20H,11-12,14H2.